The van der Waals surface area contributed by atoms with Gasteiger partial charge in [0.15, 0.2) is 0 Å². The second-order valence-electron chi connectivity index (χ2n) is 6.00. The molecule has 0 atom stereocenters. The van der Waals surface area contributed by atoms with Gasteiger partial charge in [-0.2, -0.15) is 0 Å². The number of hydrogen-bond acceptors (Lipinski definition) is 5. The molecule has 6 nitrogen and oxygen atoms in total. The Kier molecular flexibility index (Phi) is 7.94. The maximum Gasteiger partial charge on any atom is 0.407 e. The van der Waals surface area contributed by atoms with E-state index in [2.05, 4.69) is 10.5 Å². The SMILES string of the molecule is C/C(=N/OCc1ccccc1)OCCCNC(=O)OC(C)(C)C. The molecule has 0 fully saturated rings. The number of ether oxygens (including phenoxy) is 2. The summed E-state index contributed by atoms with van der Waals surface area (Å²) >= 11 is 0. The van der Waals surface area contributed by atoms with Crippen LogP contribution in [0.5, 0.6) is 0 Å². The van der Waals surface area contributed by atoms with Crippen molar-refractivity contribution >= 4 is 12.0 Å². The van der Waals surface area contributed by atoms with Gasteiger partial charge in [-0.25, -0.2) is 4.79 Å². The molecule has 1 amide bonds. The van der Waals surface area contributed by atoms with Crippen molar-refractivity contribution in [3.8, 4) is 0 Å². The Morgan fingerprint density at radius 3 is 2.57 bits per heavy atom. The number of amides is 1. The topological polar surface area (TPSA) is 69.2 Å². The first-order valence-corrected chi connectivity index (χ1v) is 7.67. The number of nitrogens with zero attached hydrogens (tertiary/aromatic N) is 1. The number of carbonyl (C=O) groups is 1. The van der Waals surface area contributed by atoms with Crippen LogP contribution in [0.15, 0.2) is 35.5 Å². The Balaban J connectivity index is 2.08. The lowest BCUT2D eigenvalue weighted by molar-refractivity contribution is 0.0525. The van der Waals surface area contributed by atoms with Gasteiger partial charge in [-0.15, -0.1) is 0 Å². The zero-order valence-electron chi connectivity index (χ0n) is 14.3. The fourth-order valence-electron chi connectivity index (χ4n) is 1.59. The summed E-state index contributed by atoms with van der Waals surface area (Å²) < 4.78 is 10.5. The maximum absolute atomic E-state index is 11.4. The summed E-state index contributed by atoms with van der Waals surface area (Å²) in [6.07, 6.45) is 0.235. The van der Waals surface area contributed by atoms with Crippen LogP contribution in [0.25, 0.3) is 0 Å². The summed E-state index contributed by atoms with van der Waals surface area (Å²) in [5, 5.41) is 6.55. The zero-order valence-corrected chi connectivity index (χ0v) is 14.3. The van der Waals surface area contributed by atoms with E-state index in [9.17, 15) is 4.79 Å². The molecule has 23 heavy (non-hydrogen) atoms. The molecule has 0 aliphatic carbocycles. The quantitative estimate of drug-likeness (QED) is 0.361. The van der Waals surface area contributed by atoms with Crippen molar-refractivity contribution in [1.29, 1.82) is 0 Å². The summed E-state index contributed by atoms with van der Waals surface area (Å²) in [4.78, 5) is 16.6. The molecule has 0 heterocycles. The number of hydrogen-bond donors (Lipinski definition) is 1. The van der Waals surface area contributed by atoms with E-state index in [0.717, 1.165) is 5.56 Å². The third kappa shape index (κ3) is 10.2. The van der Waals surface area contributed by atoms with Crippen molar-refractivity contribution in [3.05, 3.63) is 35.9 Å². The molecule has 0 saturated carbocycles. The highest BCUT2D eigenvalue weighted by atomic mass is 16.6. The van der Waals surface area contributed by atoms with E-state index in [-0.39, 0.29) is 0 Å². The van der Waals surface area contributed by atoms with Crippen LogP contribution in [0.4, 0.5) is 4.79 Å². The van der Waals surface area contributed by atoms with E-state index in [1.54, 1.807) is 6.92 Å². The number of carbonyl (C=O) groups excluding carboxylic acids is 1. The second-order valence-corrected chi connectivity index (χ2v) is 6.00. The van der Waals surface area contributed by atoms with Gasteiger partial charge in [-0.05, 0) is 32.8 Å². The number of benzene rings is 1. The predicted molar refractivity (Wildman–Crippen MR) is 89.1 cm³/mol. The molecule has 0 unspecified atom stereocenters. The van der Waals surface area contributed by atoms with Gasteiger partial charge >= 0.3 is 6.09 Å². The molecular weight excluding hydrogens is 296 g/mol. The molecule has 1 aromatic carbocycles. The number of alkyl carbamates (subject to hydrolysis) is 1. The monoisotopic (exact) mass is 322 g/mol. The standard InChI is InChI=1S/C17H26N2O4/c1-14(19-22-13-15-9-6-5-7-10-15)21-12-8-11-18-16(20)23-17(2,3)4/h5-7,9-10H,8,11-13H2,1-4H3,(H,18,20)/b19-14-. The fourth-order valence-corrected chi connectivity index (χ4v) is 1.59. The van der Waals surface area contributed by atoms with Gasteiger partial charge in [0.05, 0.1) is 6.61 Å². The van der Waals surface area contributed by atoms with E-state index < -0.39 is 11.7 Å². The lowest BCUT2D eigenvalue weighted by Crippen LogP contribution is -2.33. The second kappa shape index (κ2) is 9.71. The normalized spacial score (nSPS) is 11.7. The average molecular weight is 322 g/mol. The lowest BCUT2D eigenvalue weighted by Gasteiger charge is -2.19. The molecule has 1 aromatic rings. The molecule has 0 aliphatic heterocycles. The largest absolute Gasteiger partial charge is 0.479 e. The van der Waals surface area contributed by atoms with Crippen LogP contribution < -0.4 is 5.32 Å². The van der Waals surface area contributed by atoms with Crippen molar-refractivity contribution in [2.45, 2.75) is 46.3 Å². The molecule has 0 saturated heterocycles. The minimum absolute atomic E-state index is 0.405. The van der Waals surface area contributed by atoms with Gasteiger partial charge in [0.25, 0.3) is 0 Å². The number of oxime groups is 1. The first-order chi connectivity index (χ1) is 10.9. The van der Waals surface area contributed by atoms with E-state index in [4.69, 9.17) is 14.3 Å². The Labute approximate surface area is 137 Å². The van der Waals surface area contributed by atoms with E-state index in [1.165, 1.54) is 0 Å². The van der Waals surface area contributed by atoms with E-state index >= 15 is 0 Å². The van der Waals surface area contributed by atoms with Gasteiger partial charge in [0.2, 0.25) is 5.90 Å². The predicted octanol–water partition coefficient (Wildman–Crippen LogP) is 3.47. The smallest absolute Gasteiger partial charge is 0.407 e. The van der Waals surface area contributed by atoms with Crippen LogP contribution >= 0.6 is 0 Å². The highest BCUT2D eigenvalue weighted by molar-refractivity contribution is 5.72. The molecule has 1 rings (SSSR count). The summed E-state index contributed by atoms with van der Waals surface area (Å²) in [6, 6.07) is 9.78. The van der Waals surface area contributed by atoms with E-state index in [0.29, 0.717) is 32.1 Å². The zero-order chi connectivity index (χ0) is 17.1. The third-order valence-corrected chi connectivity index (χ3v) is 2.57. The molecule has 0 spiro atoms. The highest BCUT2D eigenvalue weighted by Gasteiger charge is 2.15. The minimum Gasteiger partial charge on any atom is -0.479 e. The summed E-state index contributed by atoms with van der Waals surface area (Å²) in [5.41, 5.74) is 0.561. The van der Waals surface area contributed by atoms with Crippen LogP contribution in [-0.4, -0.2) is 30.7 Å². The molecule has 6 heteroatoms. The first-order valence-electron chi connectivity index (χ1n) is 7.67. The average Bonchev–Trinajstić information content (AvgIpc) is 2.46. The van der Waals surface area contributed by atoms with Gasteiger partial charge in [0.1, 0.15) is 12.2 Å². The summed E-state index contributed by atoms with van der Waals surface area (Å²) in [7, 11) is 0. The molecule has 0 radical (unpaired) electrons. The summed E-state index contributed by atoms with van der Waals surface area (Å²) in [6.45, 7) is 8.53. The first kappa shape index (κ1) is 18.8. The molecule has 0 aromatic heterocycles. The van der Waals surface area contributed by atoms with Crippen molar-refractivity contribution in [1.82, 2.24) is 5.32 Å². The molecule has 0 bridgehead atoms. The Hall–Kier alpha value is -2.24. The number of rotatable bonds is 7. The molecule has 0 aliphatic rings. The van der Waals surface area contributed by atoms with Crippen molar-refractivity contribution in [2.75, 3.05) is 13.2 Å². The van der Waals surface area contributed by atoms with Gasteiger partial charge in [-0.1, -0.05) is 35.5 Å². The van der Waals surface area contributed by atoms with Crippen LogP contribution in [0.2, 0.25) is 0 Å². The van der Waals surface area contributed by atoms with Gasteiger partial charge < -0.3 is 19.6 Å². The van der Waals surface area contributed by atoms with Crippen molar-refractivity contribution in [3.63, 3.8) is 0 Å². The lowest BCUT2D eigenvalue weighted by atomic mass is 10.2. The van der Waals surface area contributed by atoms with Crippen LogP contribution in [0.1, 0.15) is 39.7 Å². The van der Waals surface area contributed by atoms with Crippen molar-refractivity contribution in [2.24, 2.45) is 5.16 Å². The van der Waals surface area contributed by atoms with E-state index in [1.807, 2.05) is 51.1 Å². The maximum atomic E-state index is 11.4. The van der Waals surface area contributed by atoms with Crippen LogP contribution in [-0.2, 0) is 20.9 Å². The Bertz CT molecular complexity index is 495. The third-order valence-electron chi connectivity index (χ3n) is 2.57. The minimum atomic E-state index is -0.486. The molecule has 1 N–H and O–H groups in total. The number of nitrogens with one attached hydrogen (secondary N) is 1. The van der Waals surface area contributed by atoms with Gasteiger partial charge in [-0.3, -0.25) is 0 Å². The highest BCUT2D eigenvalue weighted by Crippen LogP contribution is 2.06. The molecular formula is C17H26N2O4. The summed E-state index contributed by atoms with van der Waals surface area (Å²) in [5.74, 6) is 0.457. The van der Waals surface area contributed by atoms with Crippen LogP contribution in [0.3, 0.4) is 0 Å². The van der Waals surface area contributed by atoms with Gasteiger partial charge in [0, 0.05) is 13.5 Å². The molecule has 128 valence electrons. The Morgan fingerprint density at radius 2 is 1.91 bits per heavy atom. The van der Waals surface area contributed by atoms with Crippen molar-refractivity contribution < 1.29 is 19.1 Å². The fraction of sp³-hybridized carbons (Fsp3) is 0.529. The Morgan fingerprint density at radius 1 is 1.22 bits per heavy atom. The van der Waals surface area contributed by atoms with Crippen LogP contribution in [0, 0.1) is 0 Å².